The van der Waals surface area contributed by atoms with Gasteiger partial charge in [0.2, 0.25) is 5.91 Å². The molecule has 4 rings (SSSR count). The third-order valence-corrected chi connectivity index (χ3v) is 4.53. The Labute approximate surface area is 156 Å². The maximum absolute atomic E-state index is 12.4. The fourth-order valence-electron chi connectivity index (χ4n) is 3.09. The zero-order valence-electron chi connectivity index (χ0n) is 15.2. The van der Waals surface area contributed by atoms with Gasteiger partial charge in [-0.1, -0.05) is 18.2 Å². The number of amides is 1. The van der Waals surface area contributed by atoms with Gasteiger partial charge in [-0.2, -0.15) is 0 Å². The summed E-state index contributed by atoms with van der Waals surface area (Å²) >= 11 is 0. The lowest BCUT2D eigenvalue weighted by atomic mass is 10.1. The molecule has 0 fully saturated rings. The first-order valence-electron chi connectivity index (χ1n) is 8.65. The van der Waals surface area contributed by atoms with Crippen molar-refractivity contribution < 1.29 is 18.4 Å². The van der Waals surface area contributed by atoms with Crippen molar-refractivity contribution in [2.45, 2.75) is 6.54 Å². The lowest BCUT2D eigenvalue weighted by Gasteiger charge is -2.17. The zero-order valence-corrected chi connectivity index (χ0v) is 15.2. The van der Waals surface area contributed by atoms with E-state index in [2.05, 4.69) is 5.32 Å². The smallest absolute Gasteiger partial charge is 0.242 e. The molecule has 0 atom stereocenters. The van der Waals surface area contributed by atoms with Crippen LogP contribution in [-0.4, -0.2) is 31.5 Å². The van der Waals surface area contributed by atoms with Gasteiger partial charge in [0.1, 0.15) is 22.7 Å². The molecule has 1 N–H and O–H groups in total. The maximum atomic E-state index is 12.4. The van der Waals surface area contributed by atoms with E-state index >= 15 is 0 Å². The van der Waals surface area contributed by atoms with Crippen LogP contribution in [0.5, 0.6) is 5.75 Å². The number of nitrogens with one attached hydrogen (secondary N) is 1. The van der Waals surface area contributed by atoms with E-state index < -0.39 is 0 Å². The van der Waals surface area contributed by atoms with Crippen molar-refractivity contribution in [2.75, 3.05) is 26.0 Å². The van der Waals surface area contributed by atoms with Gasteiger partial charge < -0.3 is 23.8 Å². The molecule has 0 saturated carbocycles. The van der Waals surface area contributed by atoms with Crippen LogP contribution < -0.4 is 10.1 Å². The largest absolute Gasteiger partial charge is 0.495 e. The third-order valence-electron chi connectivity index (χ3n) is 4.53. The zero-order chi connectivity index (χ0) is 18.8. The number of hydrogen-bond acceptors (Lipinski definition) is 5. The highest BCUT2D eigenvalue weighted by Crippen LogP contribution is 2.36. The predicted octanol–water partition coefficient (Wildman–Crippen LogP) is 4.26. The average Bonchev–Trinajstić information content (AvgIpc) is 3.32. The van der Waals surface area contributed by atoms with Crippen molar-refractivity contribution in [3.8, 4) is 5.75 Å². The van der Waals surface area contributed by atoms with Crippen LogP contribution in [0.2, 0.25) is 0 Å². The van der Waals surface area contributed by atoms with Crippen molar-refractivity contribution >= 4 is 33.5 Å². The molecule has 0 aliphatic heterocycles. The molecule has 0 aliphatic rings. The summed E-state index contributed by atoms with van der Waals surface area (Å²) in [5.41, 5.74) is 2.28. The number of rotatable bonds is 6. The van der Waals surface area contributed by atoms with Gasteiger partial charge in [0.25, 0.3) is 0 Å². The lowest BCUT2D eigenvalue weighted by molar-refractivity contribution is -0.128. The standard InChI is InChI=1S/C21H20N2O4/c1-23(13-14-6-5-9-26-14)21(24)12-22-17-11-19-16(10-20(17)25-2)15-7-3-4-8-18(15)27-19/h3-11,22H,12-13H2,1-2H3. The average molecular weight is 364 g/mol. The van der Waals surface area contributed by atoms with Crippen LogP contribution in [0, 0.1) is 0 Å². The first kappa shape index (κ1) is 17.0. The molecule has 0 radical (unpaired) electrons. The van der Waals surface area contributed by atoms with E-state index in [1.165, 1.54) is 0 Å². The van der Waals surface area contributed by atoms with Crippen LogP contribution in [0.3, 0.4) is 0 Å². The second-order valence-corrected chi connectivity index (χ2v) is 6.33. The summed E-state index contributed by atoms with van der Waals surface area (Å²) in [4.78, 5) is 14.0. The van der Waals surface area contributed by atoms with E-state index in [-0.39, 0.29) is 12.5 Å². The molecule has 4 aromatic rings. The molecule has 27 heavy (non-hydrogen) atoms. The number of carbonyl (C=O) groups excluding carboxylic acids is 1. The van der Waals surface area contributed by atoms with Crippen molar-refractivity contribution in [3.63, 3.8) is 0 Å². The molecule has 0 aliphatic carbocycles. The molecule has 0 unspecified atom stereocenters. The summed E-state index contributed by atoms with van der Waals surface area (Å²) in [5.74, 6) is 1.35. The monoisotopic (exact) mass is 364 g/mol. The fraction of sp³-hybridized carbons (Fsp3) is 0.190. The van der Waals surface area contributed by atoms with E-state index in [1.807, 2.05) is 42.5 Å². The van der Waals surface area contributed by atoms with Gasteiger partial charge >= 0.3 is 0 Å². The molecule has 0 spiro atoms. The van der Waals surface area contributed by atoms with E-state index in [1.54, 1.807) is 31.4 Å². The summed E-state index contributed by atoms with van der Waals surface area (Å²) < 4.78 is 16.7. The SMILES string of the molecule is COc1cc2c(cc1NCC(=O)N(C)Cc1ccco1)oc1ccccc12. The molecular formula is C21H20N2O4. The number of carbonyl (C=O) groups is 1. The molecule has 0 saturated heterocycles. The van der Waals surface area contributed by atoms with Crippen molar-refractivity contribution in [1.82, 2.24) is 4.90 Å². The summed E-state index contributed by atoms with van der Waals surface area (Å²) in [6.45, 7) is 0.562. The Kier molecular flexibility index (Phi) is 4.46. The van der Waals surface area contributed by atoms with Crippen molar-refractivity contribution in [2.24, 2.45) is 0 Å². The van der Waals surface area contributed by atoms with Crippen LogP contribution in [0.1, 0.15) is 5.76 Å². The van der Waals surface area contributed by atoms with Gasteiger partial charge in [0.05, 0.1) is 32.1 Å². The lowest BCUT2D eigenvalue weighted by Crippen LogP contribution is -2.31. The number of methoxy groups -OCH3 is 1. The highest BCUT2D eigenvalue weighted by molar-refractivity contribution is 6.06. The molecule has 1 amide bonds. The predicted molar refractivity (Wildman–Crippen MR) is 104 cm³/mol. The minimum atomic E-state index is -0.0573. The molecule has 6 nitrogen and oxygen atoms in total. The number of anilines is 1. The third kappa shape index (κ3) is 3.33. The van der Waals surface area contributed by atoms with Gasteiger partial charge in [0, 0.05) is 23.9 Å². The summed E-state index contributed by atoms with van der Waals surface area (Å²) in [6.07, 6.45) is 1.60. The number of benzene rings is 2. The Morgan fingerprint density at radius 1 is 1.11 bits per heavy atom. The molecular weight excluding hydrogens is 344 g/mol. The number of likely N-dealkylation sites (N-methyl/N-ethyl adjacent to an activating group) is 1. The minimum Gasteiger partial charge on any atom is -0.495 e. The Hall–Kier alpha value is -3.41. The second-order valence-electron chi connectivity index (χ2n) is 6.33. The summed E-state index contributed by atoms with van der Waals surface area (Å²) in [6, 6.07) is 15.3. The van der Waals surface area contributed by atoms with E-state index in [0.29, 0.717) is 18.0 Å². The normalized spacial score (nSPS) is 11.0. The number of furan rings is 2. The molecule has 2 heterocycles. The minimum absolute atomic E-state index is 0.0573. The summed E-state index contributed by atoms with van der Waals surface area (Å²) in [5, 5.41) is 5.17. The van der Waals surface area contributed by atoms with Crippen molar-refractivity contribution in [1.29, 1.82) is 0 Å². The molecule has 2 aromatic carbocycles. The summed E-state index contributed by atoms with van der Waals surface area (Å²) in [7, 11) is 3.35. The van der Waals surface area contributed by atoms with E-state index in [9.17, 15) is 4.79 Å². The molecule has 6 heteroatoms. The Morgan fingerprint density at radius 2 is 1.96 bits per heavy atom. The number of ether oxygens (including phenoxy) is 1. The van der Waals surface area contributed by atoms with Gasteiger partial charge in [-0.3, -0.25) is 4.79 Å². The van der Waals surface area contributed by atoms with Gasteiger partial charge in [-0.05, 0) is 24.3 Å². The number of hydrogen-bond donors (Lipinski definition) is 1. The van der Waals surface area contributed by atoms with Crippen LogP contribution in [0.25, 0.3) is 21.9 Å². The fourth-order valence-corrected chi connectivity index (χ4v) is 3.09. The first-order valence-corrected chi connectivity index (χ1v) is 8.65. The quantitative estimate of drug-likeness (QED) is 0.554. The Bertz CT molecular complexity index is 1080. The topological polar surface area (TPSA) is 67.8 Å². The van der Waals surface area contributed by atoms with Crippen molar-refractivity contribution in [3.05, 3.63) is 60.6 Å². The van der Waals surface area contributed by atoms with Gasteiger partial charge in [-0.15, -0.1) is 0 Å². The van der Waals surface area contributed by atoms with Crippen LogP contribution in [0.4, 0.5) is 5.69 Å². The van der Waals surface area contributed by atoms with Crippen LogP contribution in [0.15, 0.2) is 63.6 Å². The number of fused-ring (bicyclic) bond motifs is 3. The Balaban J connectivity index is 1.54. The van der Waals surface area contributed by atoms with E-state index in [0.717, 1.165) is 27.7 Å². The van der Waals surface area contributed by atoms with E-state index in [4.69, 9.17) is 13.6 Å². The Morgan fingerprint density at radius 3 is 2.74 bits per heavy atom. The van der Waals surface area contributed by atoms with Crippen LogP contribution >= 0.6 is 0 Å². The molecule has 138 valence electrons. The number of nitrogens with zero attached hydrogens (tertiary/aromatic N) is 1. The first-order chi connectivity index (χ1) is 13.2. The maximum Gasteiger partial charge on any atom is 0.242 e. The van der Waals surface area contributed by atoms with Crippen LogP contribution in [-0.2, 0) is 11.3 Å². The highest BCUT2D eigenvalue weighted by Gasteiger charge is 2.15. The number of para-hydroxylation sites is 1. The highest BCUT2D eigenvalue weighted by atomic mass is 16.5. The molecule has 0 bridgehead atoms. The van der Waals surface area contributed by atoms with Gasteiger partial charge in [0.15, 0.2) is 0 Å². The van der Waals surface area contributed by atoms with Gasteiger partial charge in [-0.25, -0.2) is 0 Å². The second kappa shape index (κ2) is 7.07. The molecule has 2 aromatic heterocycles.